The number of tetrazole rings is 1. The third-order valence-electron chi connectivity index (χ3n) is 6.39. The molecule has 0 unspecified atom stereocenters. The number of H-pyrrole nitrogens is 1. The van der Waals surface area contributed by atoms with E-state index in [2.05, 4.69) is 31.0 Å². The third-order valence-corrected chi connectivity index (χ3v) is 6.39. The van der Waals surface area contributed by atoms with Crippen LogP contribution in [0.4, 0.5) is 20.2 Å². The van der Waals surface area contributed by atoms with Crippen molar-refractivity contribution in [1.29, 1.82) is 0 Å². The van der Waals surface area contributed by atoms with Crippen LogP contribution >= 0.6 is 0 Å². The lowest BCUT2D eigenvalue weighted by atomic mass is 10.0. The molecule has 0 bridgehead atoms. The highest BCUT2D eigenvalue weighted by Crippen LogP contribution is 2.38. The van der Waals surface area contributed by atoms with Gasteiger partial charge in [-0.15, -0.1) is 5.10 Å². The zero-order valence-corrected chi connectivity index (χ0v) is 18.9. The number of pyridine rings is 1. The molecule has 180 valence electrons. The van der Waals surface area contributed by atoms with Crippen LogP contribution in [-0.2, 0) is 0 Å². The SMILES string of the molecule is O=C(Nc1cccc(-c2nnn[nH]2)c1)c1cnn2ccc(N3CCC[C@@H]3c3cc(F)ccc3F)cc12. The monoisotopic (exact) mass is 486 g/mol. The Bertz CT molecular complexity index is 1570. The molecule has 6 rings (SSSR count). The van der Waals surface area contributed by atoms with Gasteiger partial charge < -0.3 is 10.2 Å². The molecule has 1 amide bonds. The van der Waals surface area contributed by atoms with Crippen molar-refractivity contribution in [2.24, 2.45) is 0 Å². The van der Waals surface area contributed by atoms with Gasteiger partial charge in [-0.3, -0.25) is 4.79 Å². The number of halogens is 2. The molecule has 1 fully saturated rings. The molecule has 9 nitrogen and oxygen atoms in total. The summed E-state index contributed by atoms with van der Waals surface area (Å²) in [6.45, 7) is 0.690. The maximum Gasteiger partial charge on any atom is 0.259 e. The summed E-state index contributed by atoms with van der Waals surface area (Å²) < 4.78 is 30.0. The van der Waals surface area contributed by atoms with Crippen LogP contribution in [0.25, 0.3) is 16.9 Å². The van der Waals surface area contributed by atoms with Crippen LogP contribution in [0, 0.1) is 11.6 Å². The first-order valence-electron chi connectivity index (χ1n) is 11.4. The second-order valence-electron chi connectivity index (χ2n) is 8.58. The van der Waals surface area contributed by atoms with Crippen LogP contribution in [0.15, 0.2) is 67.0 Å². The Balaban J connectivity index is 1.30. The molecule has 11 heteroatoms. The molecule has 1 saturated heterocycles. The fourth-order valence-corrected chi connectivity index (χ4v) is 4.72. The van der Waals surface area contributed by atoms with E-state index >= 15 is 0 Å². The fourth-order valence-electron chi connectivity index (χ4n) is 4.72. The molecule has 2 aromatic carbocycles. The van der Waals surface area contributed by atoms with Gasteiger partial charge in [-0.25, -0.2) is 18.4 Å². The van der Waals surface area contributed by atoms with Crippen molar-refractivity contribution in [3.05, 3.63) is 89.8 Å². The maximum absolute atomic E-state index is 14.5. The minimum atomic E-state index is -0.466. The van der Waals surface area contributed by atoms with Gasteiger partial charge in [0.25, 0.3) is 5.91 Å². The molecule has 3 aromatic heterocycles. The number of benzene rings is 2. The molecule has 0 saturated carbocycles. The average molecular weight is 486 g/mol. The first-order chi connectivity index (χ1) is 17.6. The number of aromatic nitrogens is 6. The maximum atomic E-state index is 14.5. The first kappa shape index (κ1) is 21.8. The van der Waals surface area contributed by atoms with E-state index in [1.807, 2.05) is 23.1 Å². The van der Waals surface area contributed by atoms with E-state index in [9.17, 15) is 13.6 Å². The number of carbonyl (C=O) groups excluding carboxylic acids is 1. The summed E-state index contributed by atoms with van der Waals surface area (Å²) in [5, 5.41) is 20.9. The zero-order chi connectivity index (χ0) is 24.6. The van der Waals surface area contributed by atoms with E-state index in [-0.39, 0.29) is 11.9 Å². The highest BCUT2D eigenvalue weighted by atomic mass is 19.1. The van der Waals surface area contributed by atoms with E-state index in [0.717, 1.165) is 29.8 Å². The number of nitrogens with zero attached hydrogens (tertiary/aromatic N) is 6. The molecule has 1 aliphatic rings. The molecule has 1 atom stereocenters. The van der Waals surface area contributed by atoms with Gasteiger partial charge in [0.2, 0.25) is 0 Å². The molecule has 0 spiro atoms. The third kappa shape index (κ3) is 3.94. The van der Waals surface area contributed by atoms with Gasteiger partial charge in [0.1, 0.15) is 11.6 Å². The van der Waals surface area contributed by atoms with E-state index < -0.39 is 11.6 Å². The number of rotatable bonds is 5. The largest absolute Gasteiger partial charge is 0.364 e. The summed E-state index contributed by atoms with van der Waals surface area (Å²) in [4.78, 5) is 15.2. The Morgan fingerprint density at radius 1 is 1.11 bits per heavy atom. The van der Waals surface area contributed by atoms with Gasteiger partial charge in [-0.1, -0.05) is 12.1 Å². The number of fused-ring (bicyclic) bond motifs is 1. The lowest BCUT2D eigenvalue weighted by Crippen LogP contribution is -2.23. The number of hydrogen-bond acceptors (Lipinski definition) is 6. The van der Waals surface area contributed by atoms with Crippen LogP contribution in [0.3, 0.4) is 0 Å². The number of hydrogen-bond donors (Lipinski definition) is 2. The molecular formula is C25H20F2N8O. The summed E-state index contributed by atoms with van der Waals surface area (Å²) in [7, 11) is 0. The van der Waals surface area contributed by atoms with Crippen LogP contribution in [0.5, 0.6) is 0 Å². The van der Waals surface area contributed by atoms with Crippen molar-refractivity contribution in [3.8, 4) is 11.4 Å². The van der Waals surface area contributed by atoms with Gasteiger partial charge in [-0.05, 0) is 65.7 Å². The van der Waals surface area contributed by atoms with Crippen molar-refractivity contribution >= 4 is 22.8 Å². The van der Waals surface area contributed by atoms with Gasteiger partial charge >= 0.3 is 0 Å². The highest BCUT2D eigenvalue weighted by Gasteiger charge is 2.29. The summed E-state index contributed by atoms with van der Waals surface area (Å²) >= 11 is 0. The second-order valence-corrected chi connectivity index (χ2v) is 8.58. The summed E-state index contributed by atoms with van der Waals surface area (Å²) in [6, 6.07) is 14.1. The normalized spacial score (nSPS) is 15.5. The average Bonchev–Trinajstić information content (AvgIpc) is 3.66. The number of carbonyl (C=O) groups is 1. The summed E-state index contributed by atoms with van der Waals surface area (Å²) in [6.07, 6.45) is 4.81. The number of nitrogens with one attached hydrogen (secondary N) is 2. The van der Waals surface area contributed by atoms with E-state index in [1.54, 1.807) is 28.9 Å². The Labute approximate surface area is 203 Å². The second kappa shape index (κ2) is 8.84. The molecular weight excluding hydrogens is 466 g/mol. The van der Waals surface area contributed by atoms with Gasteiger partial charge in [0.15, 0.2) is 5.82 Å². The molecule has 0 aliphatic carbocycles. The smallest absolute Gasteiger partial charge is 0.259 e. The topological polar surface area (TPSA) is 104 Å². The van der Waals surface area contributed by atoms with Crippen LogP contribution in [-0.4, -0.2) is 42.7 Å². The minimum absolute atomic E-state index is 0.295. The predicted molar refractivity (Wildman–Crippen MR) is 128 cm³/mol. The predicted octanol–water partition coefficient (Wildman–Crippen LogP) is 4.39. The van der Waals surface area contributed by atoms with Crippen molar-refractivity contribution < 1.29 is 13.6 Å². The zero-order valence-electron chi connectivity index (χ0n) is 18.9. The van der Waals surface area contributed by atoms with Crippen LogP contribution in [0.1, 0.15) is 34.8 Å². The fraction of sp³-hybridized carbons (Fsp3) is 0.160. The Hall–Kier alpha value is -4.67. The molecule has 4 heterocycles. The Kier molecular flexibility index (Phi) is 5.36. The quantitative estimate of drug-likeness (QED) is 0.382. The standard InChI is InChI=1S/C25H20F2N8O/c26-16-6-7-21(27)19(12-16)22-5-2-9-34(22)18-8-10-35-23(13-18)20(14-28-35)25(36)29-17-4-1-3-15(11-17)24-30-32-33-31-24/h1,3-4,6-8,10-14,22H,2,5,9H2,(H,29,36)(H,30,31,32,33)/t22-/m1/s1. The van der Waals surface area contributed by atoms with Crippen molar-refractivity contribution in [1.82, 2.24) is 30.2 Å². The number of amides is 1. The Morgan fingerprint density at radius 2 is 2.03 bits per heavy atom. The molecule has 36 heavy (non-hydrogen) atoms. The van der Waals surface area contributed by atoms with Crippen molar-refractivity contribution in [2.75, 3.05) is 16.8 Å². The van der Waals surface area contributed by atoms with E-state index in [0.29, 0.717) is 41.1 Å². The first-order valence-corrected chi connectivity index (χ1v) is 11.4. The Morgan fingerprint density at radius 3 is 2.89 bits per heavy atom. The van der Waals surface area contributed by atoms with Crippen LogP contribution in [0.2, 0.25) is 0 Å². The minimum Gasteiger partial charge on any atom is -0.364 e. The van der Waals surface area contributed by atoms with Gasteiger partial charge in [0.05, 0.1) is 23.3 Å². The lowest BCUT2D eigenvalue weighted by Gasteiger charge is -2.27. The highest BCUT2D eigenvalue weighted by molar-refractivity contribution is 6.09. The molecule has 1 aliphatic heterocycles. The van der Waals surface area contributed by atoms with Crippen LogP contribution < -0.4 is 10.2 Å². The van der Waals surface area contributed by atoms with Crippen molar-refractivity contribution in [2.45, 2.75) is 18.9 Å². The summed E-state index contributed by atoms with van der Waals surface area (Å²) in [5.74, 6) is -0.736. The molecule has 5 aromatic rings. The van der Waals surface area contributed by atoms with Crippen molar-refractivity contribution in [3.63, 3.8) is 0 Å². The molecule has 0 radical (unpaired) electrons. The molecule has 2 N–H and O–H groups in total. The van der Waals surface area contributed by atoms with E-state index in [4.69, 9.17) is 0 Å². The number of anilines is 2. The lowest BCUT2D eigenvalue weighted by molar-refractivity contribution is 0.102. The van der Waals surface area contributed by atoms with Gasteiger partial charge in [0, 0.05) is 35.2 Å². The van der Waals surface area contributed by atoms with Gasteiger partial charge in [-0.2, -0.15) is 5.10 Å². The van der Waals surface area contributed by atoms with E-state index in [1.165, 1.54) is 12.3 Å². The number of aromatic amines is 1. The summed E-state index contributed by atoms with van der Waals surface area (Å²) in [5.41, 5.74) is 3.43.